The van der Waals surface area contributed by atoms with Crippen LogP contribution in [0.25, 0.3) is 0 Å². The van der Waals surface area contributed by atoms with Gasteiger partial charge in [0.2, 0.25) is 5.91 Å². The fourth-order valence-corrected chi connectivity index (χ4v) is 3.24. The molecule has 1 aromatic rings. The van der Waals surface area contributed by atoms with Gasteiger partial charge in [-0.05, 0) is 57.2 Å². The number of amides is 2. The molecule has 1 aliphatic heterocycles. The van der Waals surface area contributed by atoms with E-state index in [-0.39, 0.29) is 29.8 Å². The highest BCUT2D eigenvalue weighted by molar-refractivity contribution is 5.98. The summed E-state index contributed by atoms with van der Waals surface area (Å²) in [6, 6.07) is 7.30. The molecule has 124 valence electrons. The Morgan fingerprint density at radius 2 is 2.04 bits per heavy atom. The topological polar surface area (TPSA) is 75.4 Å². The molecule has 1 saturated heterocycles. The maximum Gasteiger partial charge on any atom is 0.254 e. The van der Waals surface area contributed by atoms with Gasteiger partial charge in [0.25, 0.3) is 5.91 Å². The van der Waals surface area contributed by atoms with Crippen molar-refractivity contribution in [2.75, 3.05) is 11.9 Å². The number of likely N-dealkylation sites (tertiary alicyclic amines) is 1. The number of nitrogens with zero attached hydrogens (tertiary/aromatic N) is 1. The first-order valence-corrected chi connectivity index (χ1v) is 8.54. The number of carbonyl (C=O) groups is 2. The monoisotopic (exact) mass is 315 g/mol. The number of piperidine rings is 1. The van der Waals surface area contributed by atoms with Crippen molar-refractivity contribution in [3.63, 3.8) is 0 Å². The summed E-state index contributed by atoms with van der Waals surface area (Å²) in [5, 5.41) is 2.90. The Hall–Kier alpha value is -1.88. The van der Waals surface area contributed by atoms with Crippen molar-refractivity contribution < 1.29 is 9.59 Å². The van der Waals surface area contributed by atoms with Crippen LogP contribution in [0.4, 0.5) is 5.69 Å². The van der Waals surface area contributed by atoms with Gasteiger partial charge in [-0.3, -0.25) is 9.59 Å². The van der Waals surface area contributed by atoms with Crippen LogP contribution < -0.4 is 11.1 Å². The van der Waals surface area contributed by atoms with Crippen LogP contribution in [0.1, 0.15) is 49.4 Å². The number of hydrogen-bond acceptors (Lipinski definition) is 3. The molecule has 2 amide bonds. The van der Waals surface area contributed by atoms with E-state index >= 15 is 0 Å². The van der Waals surface area contributed by atoms with Crippen LogP contribution in [-0.4, -0.2) is 35.3 Å². The summed E-state index contributed by atoms with van der Waals surface area (Å²) in [7, 11) is 0. The normalized spacial score (nSPS) is 22.5. The average molecular weight is 315 g/mol. The van der Waals surface area contributed by atoms with Crippen LogP contribution in [0.3, 0.4) is 0 Å². The molecule has 23 heavy (non-hydrogen) atoms. The number of nitrogens with one attached hydrogen (secondary N) is 1. The van der Waals surface area contributed by atoms with E-state index in [1.807, 2.05) is 30.0 Å². The maximum atomic E-state index is 12.9. The van der Waals surface area contributed by atoms with Crippen LogP contribution in [0, 0.1) is 5.92 Å². The van der Waals surface area contributed by atoms with Gasteiger partial charge >= 0.3 is 0 Å². The van der Waals surface area contributed by atoms with E-state index in [0.29, 0.717) is 11.3 Å². The first-order valence-electron chi connectivity index (χ1n) is 8.54. The quantitative estimate of drug-likeness (QED) is 0.895. The molecule has 3 rings (SSSR count). The number of hydrogen-bond donors (Lipinski definition) is 2. The maximum absolute atomic E-state index is 12.9. The zero-order valence-electron chi connectivity index (χ0n) is 13.6. The van der Waals surface area contributed by atoms with Crippen LogP contribution in [0.5, 0.6) is 0 Å². The van der Waals surface area contributed by atoms with Crippen LogP contribution in [0.15, 0.2) is 24.3 Å². The van der Waals surface area contributed by atoms with Gasteiger partial charge in [-0.1, -0.05) is 6.07 Å². The molecular weight excluding hydrogens is 290 g/mol. The zero-order chi connectivity index (χ0) is 16.4. The molecule has 1 aliphatic carbocycles. The standard InChI is InChI=1S/C18H25N3O2/c1-12(19)16-7-2-3-10-21(16)18(23)14-5-4-6-15(11-14)20-17(22)13-8-9-13/h4-6,11-13,16H,2-3,7-10,19H2,1H3,(H,20,22). The van der Waals surface area contributed by atoms with Crippen molar-refractivity contribution in [3.05, 3.63) is 29.8 Å². The number of anilines is 1. The molecule has 0 spiro atoms. The Morgan fingerprint density at radius 1 is 1.26 bits per heavy atom. The molecule has 0 radical (unpaired) electrons. The molecule has 2 fully saturated rings. The van der Waals surface area contributed by atoms with Crippen molar-refractivity contribution in [2.45, 2.75) is 51.1 Å². The number of rotatable bonds is 4. The van der Waals surface area contributed by atoms with Crippen molar-refractivity contribution in [1.82, 2.24) is 4.90 Å². The van der Waals surface area contributed by atoms with Crippen LogP contribution >= 0.6 is 0 Å². The third kappa shape index (κ3) is 3.72. The van der Waals surface area contributed by atoms with Gasteiger partial charge < -0.3 is 16.0 Å². The first kappa shape index (κ1) is 16.0. The first-order chi connectivity index (χ1) is 11.1. The summed E-state index contributed by atoms with van der Waals surface area (Å²) in [6.07, 6.45) is 5.03. The third-order valence-corrected chi connectivity index (χ3v) is 4.74. The SMILES string of the molecule is CC(N)C1CCCCN1C(=O)c1cccc(NC(=O)C2CC2)c1. The lowest BCUT2D eigenvalue weighted by Gasteiger charge is -2.38. The van der Waals surface area contributed by atoms with Crippen molar-refractivity contribution in [2.24, 2.45) is 11.7 Å². The van der Waals surface area contributed by atoms with Gasteiger partial charge in [-0.15, -0.1) is 0 Å². The van der Waals surface area contributed by atoms with Crippen LogP contribution in [0.2, 0.25) is 0 Å². The predicted octanol–water partition coefficient (Wildman–Crippen LogP) is 2.38. The third-order valence-electron chi connectivity index (χ3n) is 4.74. The average Bonchev–Trinajstić information content (AvgIpc) is 3.39. The molecule has 3 N–H and O–H groups in total. The van der Waals surface area contributed by atoms with Gasteiger partial charge in [-0.2, -0.15) is 0 Å². The number of benzene rings is 1. The minimum atomic E-state index is -0.0306. The summed E-state index contributed by atoms with van der Waals surface area (Å²) in [5.41, 5.74) is 7.37. The van der Waals surface area contributed by atoms with E-state index in [2.05, 4.69) is 5.32 Å². The Bertz CT molecular complexity index is 596. The van der Waals surface area contributed by atoms with Crippen molar-refractivity contribution >= 4 is 17.5 Å². The lowest BCUT2D eigenvalue weighted by molar-refractivity contribution is -0.117. The molecule has 0 aromatic heterocycles. The second-order valence-electron chi connectivity index (χ2n) is 6.77. The lowest BCUT2D eigenvalue weighted by atomic mass is 9.96. The van der Waals surface area contributed by atoms with E-state index in [9.17, 15) is 9.59 Å². The molecule has 0 bridgehead atoms. The van der Waals surface area contributed by atoms with E-state index in [1.165, 1.54) is 0 Å². The lowest BCUT2D eigenvalue weighted by Crippen LogP contribution is -2.51. The minimum Gasteiger partial charge on any atom is -0.334 e. The zero-order valence-corrected chi connectivity index (χ0v) is 13.6. The smallest absolute Gasteiger partial charge is 0.254 e. The number of nitrogens with two attached hydrogens (primary N) is 1. The molecular formula is C18H25N3O2. The molecule has 2 aliphatic rings. The van der Waals surface area contributed by atoms with Gasteiger partial charge in [-0.25, -0.2) is 0 Å². The summed E-state index contributed by atoms with van der Waals surface area (Å²) >= 11 is 0. The highest BCUT2D eigenvalue weighted by atomic mass is 16.2. The second kappa shape index (κ2) is 6.71. The molecule has 1 heterocycles. The molecule has 1 aromatic carbocycles. The summed E-state index contributed by atoms with van der Waals surface area (Å²) < 4.78 is 0. The largest absolute Gasteiger partial charge is 0.334 e. The molecule has 2 atom stereocenters. The van der Waals surface area contributed by atoms with Crippen LogP contribution in [-0.2, 0) is 4.79 Å². The predicted molar refractivity (Wildman–Crippen MR) is 90.1 cm³/mol. The van der Waals surface area contributed by atoms with Gasteiger partial charge in [0.1, 0.15) is 0 Å². The highest BCUT2D eigenvalue weighted by Crippen LogP contribution is 2.30. The molecule has 2 unspecified atom stereocenters. The summed E-state index contributed by atoms with van der Waals surface area (Å²) in [6.45, 7) is 2.71. The van der Waals surface area contributed by atoms with Gasteiger partial charge in [0.05, 0.1) is 0 Å². The highest BCUT2D eigenvalue weighted by Gasteiger charge is 2.31. The van der Waals surface area contributed by atoms with E-state index in [0.717, 1.165) is 38.6 Å². The molecule has 1 saturated carbocycles. The fraction of sp³-hybridized carbons (Fsp3) is 0.556. The Kier molecular flexibility index (Phi) is 4.66. The van der Waals surface area contributed by atoms with E-state index in [1.54, 1.807) is 6.07 Å². The Labute approximate surface area is 137 Å². The van der Waals surface area contributed by atoms with Gasteiger partial charge in [0.15, 0.2) is 0 Å². The summed E-state index contributed by atoms with van der Waals surface area (Å²) in [4.78, 5) is 26.6. The molecule has 5 heteroatoms. The number of carbonyl (C=O) groups excluding carboxylic acids is 2. The van der Waals surface area contributed by atoms with Crippen molar-refractivity contribution in [1.29, 1.82) is 0 Å². The fourth-order valence-electron chi connectivity index (χ4n) is 3.24. The summed E-state index contributed by atoms with van der Waals surface area (Å²) in [5.74, 6) is 0.217. The minimum absolute atomic E-state index is 0.00882. The second-order valence-corrected chi connectivity index (χ2v) is 6.77. The van der Waals surface area contributed by atoms with E-state index < -0.39 is 0 Å². The molecule has 5 nitrogen and oxygen atoms in total. The Balaban J connectivity index is 1.74. The van der Waals surface area contributed by atoms with Crippen molar-refractivity contribution in [3.8, 4) is 0 Å². The van der Waals surface area contributed by atoms with Gasteiger partial charge in [0, 0.05) is 35.8 Å². The Morgan fingerprint density at radius 3 is 2.74 bits per heavy atom. The van der Waals surface area contributed by atoms with E-state index in [4.69, 9.17) is 5.73 Å².